The normalized spacial score (nSPS) is 27.1. The fourth-order valence-electron chi connectivity index (χ4n) is 1.64. The van der Waals surface area contributed by atoms with Crippen LogP contribution in [0.5, 0.6) is 0 Å². The second-order valence-corrected chi connectivity index (χ2v) is 3.85. The fraction of sp³-hybridized carbons (Fsp3) is 0.889. The van der Waals surface area contributed by atoms with Gasteiger partial charge in [0.25, 0.3) is 0 Å². The molecule has 1 unspecified atom stereocenters. The maximum Gasteiger partial charge on any atom is 0.307 e. The second-order valence-electron chi connectivity index (χ2n) is 3.85. The van der Waals surface area contributed by atoms with E-state index in [0.29, 0.717) is 12.6 Å². The number of aliphatic carboxylic acids is 1. The molecule has 0 saturated carbocycles. The highest BCUT2D eigenvalue weighted by Gasteiger charge is 2.20. The molecule has 1 aliphatic heterocycles. The van der Waals surface area contributed by atoms with Gasteiger partial charge in [0.1, 0.15) is 0 Å². The number of rotatable bonds is 3. The SMILES string of the molecule is CC(CN1CCN[C@H](C)C1)C(=O)O. The van der Waals surface area contributed by atoms with E-state index in [9.17, 15) is 4.79 Å². The third kappa shape index (κ3) is 3.32. The molecular weight excluding hydrogens is 168 g/mol. The lowest BCUT2D eigenvalue weighted by Gasteiger charge is -2.32. The van der Waals surface area contributed by atoms with Crippen LogP contribution >= 0.6 is 0 Å². The third-order valence-electron chi connectivity index (χ3n) is 2.41. The Morgan fingerprint density at radius 1 is 1.77 bits per heavy atom. The van der Waals surface area contributed by atoms with Crippen molar-refractivity contribution in [3.8, 4) is 0 Å². The van der Waals surface area contributed by atoms with Crippen molar-refractivity contribution in [1.29, 1.82) is 0 Å². The fourth-order valence-corrected chi connectivity index (χ4v) is 1.64. The number of carboxylic acids is 1. The lowest BCUT2D eigenvalue weighted by molar-refractivity contribution is -0.141. The number of piperazine rings is 1. The Balaban J connectivity index is 2.31. The number of carboxylic acid groups (broad SMARTS) is 1. The van der Waals surface area contributed by atoms with Crippen molar-refractivity contribution < 1.29 is 9.90 Å². The van der Waals surface area contributed by atoms with E-state index in [2.05, 4.69) is 17.1 Å². The van der Waals surface area contributed by atoms with Crippen LogP contribution in [-0.4, -0.2) is 48.2 Å². The maximum atomic E-state index is 10.6. The van der Waals surface area contributed by atoms with Crippen LogP contribution in [-0.2, 0) is 4.79 Å². The van der Waals surface area contributed by atoms with E-state index >= 15 is 0 Å². The summed E-state index contributed by atoms with van der Waals surface area (Å²) in [6, 6.07) is 0.481. The standard InChI is InChI=1S/C9H18N2O2/c1-7(9(12)13)5-11-4-3-10-8(2)6-11/h7-8,10H,3-6H2,1-2H3,(H,12,13)/t7?,8-/m1/s1. The molecule has 1 heterocycles. The molecule has 0 bridgehead atoms. The highest BCUT2D eigenvalue weighted by molar-refractivity contribution is 5.69. The van der Waals surface area contributed by atoms with E-state index in [4.69, 9.17) is 5.11 Å². The first-order valence-corrected chi connectivity index (χ1v) is 4.78. The molecule has 4 nitrogen and oxygen atoms in total. The smallest absolute Gasteiger partial charge is 0.307 e. The molecule has 2 N–H and O–H groups in total. The van der Waals surface area contributed by atoms with E-state index in [1.165, 1.54) is 0 Å². The molecule has 0 radical (unpaired) electrons. The number of nitrogens with zero attached hydrogens (tertiary/aromatic N) is 1. The molecule has 1 aliphatic rings. The van der Waals surface area contributed by atoms with Gasteiger partial charge < -0.3 is 10.4 Å². The van der Waals surface area contributed by atoms with Crippen LogP contribution in [0.25, 0.3) is 0 Å². The van der Waals surface area contributed by atoms with Crippen molar-refractivity contribution in [2.45, 2.75) is 19.9 Å². The molecule has 0 aromatic rings. The number of carbonyl (C=O) groups is 1. The highest BCUT2D eigenvalue weighted by Crippen LogP contribution is 2.03. The van der Waals surface area contributed by atoms with Gasteiger partial charge in [-0.3, -0.25) is 9.69 Å². The molecule has 0 aromatic heterocycles. The van der Waals surface area contributed by atoms with E-state index in [-0.39, 0.29) is 5.92 Å². The van der Waals surface area contributed by atoms with Crippen LogP contribution < -0.4 is 5.32 Å². The van der Waals surface area contributed by atoms with Gasteiger partial charge >= 0.3 is 5.97 Å². The van der Waals surface area contributed by atoms with Crippen LogP contribution in [0, 0.1) is 5.92 Å². The molecule has 4 heteroatoms. The Labute approximate surface area is 78.9 Å². The number of hydrogen-bond acceptors (Lipinski definition) is 3. The summed E-state index contributed by atoms with van der Waals surface area (Å²) in [5.41, 5.74) is 0. The summed E-state index contributed by atoms with van der Waals surface area (Å²) in [6.45, 7) is 7.43. The molecule has 0 aliphatic carbocycles. The first-order valence-electron chi connectivity index (χ1n) is 4.78. The summed E-state index contributed by atoms with van der Waals surface area (Å²) >= 11 is 0. The van der Waals surface area contributed by atoms with Crippen LogP contribution in [0.15, 0.2) is 0 Å². The molecule has 0 amide bonds. The van der Waals surface area contributed by atoms with Gasteiger partial charge in [-0.1, -0.05) is 6.92 Å². The van der Waals surface area contributed by atoms with Crippen molar-refractivity contribution >= 4 is 5.97 Å². The largest absolute Gasteiger partial charge is 0.481 e. The van der Waals surface area contributed by atoms with E-state index in [1.54, 1.807) is 6.92 Å². The molecule has 1 fully saturated rings. The van der Waals surface area contributed by atoms with Crippen molar-refractivity contribution in [3.63, 3.8) is 0 Å². The predicted molar refractivity (Wildman–Crippen MR) is 50.7 cm³/mol. The molecule has 0 spiro atoms. The van der Waals surface area contributed by atoms with Gasteiger partial charge in [-0.15, -0.1) is 0 Å². The zero-order valence-electron chi connectivity index (χ0n) is 8.29. The van der Waals surface area contributed by atoms with E-state index in [0.717, 1.165) is 19.6 Å². The minimum absolute atomic E-state index is 0.259. The highest BCUT2D eigenvalue weighted by atomic mass is 16.4. The Hall–Kier alpha value is -0.610. The van der Waals surface area contributed by atoms with Crippen LogP contribution in [0.4, 0.5) is 0 Å². The minimum atomic E-state index is -0.703. The average molecular weight is 186 g/mol. The average Bonchev–Trinajstić information content (AvgIpc) is 2.04. The zero-order valence-corrected chi connectivity index (χ0v) is 8.29. The molecular formula is C9H18N2O2. The van der Waals surface area contributed by atoms with Gasteiger partial charge in [0, 0.05) is 32.2 Å². The third-order valence-corrected chi connectivity index (χ3v) is 2.41. The number of nitrogens with one attached hydrogen (secondary N) is 1. The van der Waals surface area contributed by atoms with Crippen molar-refractivity contribution in [1.82, 2.24) is 10.2 Å². The molecule has 0 aromatic carbocycles. The van der Waals surface area contributed by atoms with Crippen LogP contribution in [0.1, 0.15) is 13.8 Å². The maximum absolute atomic E-state index is 10.6. The van der Waals surface area contributed by atoms with Crippen molar-refractivity contribution in [2.75, 3.05) is 26.2 Å². The van der Waals surface area contributed by atoms with Gasteiger partial charge in [0.2, 0.25) is 0 Å². The topological polar surface area (TPSA) is 52.6 Å². The first-order chi connectivity index (χ1) is 6.09. The molecule has 1 rings (SSSR count). The summed E-state index contributed by atoms with van der Waals surface area (Å²) in [7, 11) is 0. The van der Waals surface area contributed by atoms with Crippen molar-refractivity contribution in [2.24, 2.45) is 5.92 Å². The summed E-state index contributed by atoms with van der Waals surface area (Å²) < 4.78 is 0. The predicted octanol–water partition coefficient (Wildman–Crippen LogP) is 0.000800. The van der Waals surface area contributed by atoms with Gasteiger partial charge in [-0.25, -0.2) is 0 Å². The Kier molecular flexibility index (Phi) is 3.69. The van der Waals surface area contributed by atoms with Gasteiger partial charge in [0.05, 0.1) is 5.92 Å². The summed E-state index contributed by atoms with van der Waals surface area (Å²) in [5.74, 6) is -0.962. The van der Waals surface area contributed by atoms with Crippen LogP contribution in [0.3, 0.4) is 0 Å². The van der Waals surface area contributed by atoms with E-state index in [1.807, 2.05) is 0 Å². The quantitative estimate of drug-likeness (QED) is 0.651. The summed E-state index contributed by atoms with van der Waals surface area (Å²) in [5, 5.41) is 12.1. The van der Waals surface area contributed by atoms with Gasteiger partial charge in [-0.05, 0) is 6.92 Å². The Morgan fingerprint density at radius 2 is 2.46 bits per heavy atom. The lowest BCUT2D eigenvalue weighted by atomic mass is 10.1. The zero-order chi connectivity index (χ0) is 9.84. The Bertz CT molecular complexity index is 184. The van der Waals surface area contributed by atoms with Crippen molar-refractivity contribution in [3.05, 3.63) is 0 Å². The van der Waals surface area contributed by atoms with E-state index < -0.39 is 5.97 Å². The summed E-state index contributed by atoms with van der Waals surface area (Å²) in [6.07, 6.45) is 0. The molecule has 76 valence electrons. The minimum Gasteiger partial charge on any atom is -0.481 e. The second kappa shape index (κ2) is 4.58. The summed E-state index contributed by atoms with van der Waals surface area (Å²) in [4.78, 5) is 12.8. The molecule has 13 heavy (non-hydrogen) atoms. The molecule has 1 saturated heterocycles. The monoisotopic (exact) mass is 186 g/mol. The lowest BCUT2D eigenvalue weighted by Crippen LogP contribution is -2.50. The Morgan fingerprint density at radius 3 is 3.00 bits per heavy atom. The molecule has 2 atom stereocenters. The van der Waals surface area contributed by atoms with Gasteiger partial charge in [-0.2, -0.15) is 0 Å². The van der Waals surface area contributed by atoms with Crippen LogP contribution in [0.2, 0.25) is 0 Å². The van der Waals surface area contributed by atoms with Gasteiger partial charge in [0.15, 0.2) is 0 Å². The first kappa shape index (κ1) is 10.5. The number of hydrogen-bond donors (Lipinski definition) is 2.